The molecule has 0 fully saturated rings. The van der Waals surface area contributed by atoms with Crippen molar-refractivity contribution in [1.29, 1.82) is 0 Å². The fourth-order valence-corrected chi connectivity index (χ4v) is 2.65. The molecule has 0 aliphatic heterocycles. The summed E-state index contributed by atoms with van der Waals surface area (Å²) in [6.45, 7) is 0.240. The maximum atomic E-state index is 11.9. The van der Waals surface area contributed by atoms with Gasteiger partial charge in [0.15, 0.2) is 0 Å². The summed E-state index contributed by atoms with van der Waals surface area (Å²) in [6.07, 6.45) is -0.506. The van der Waals surface area contributed by atoms with E-state index in [2.05, 4.69) is 5.32 Å². The number of fused-ring (bicyclic) bond motifs is 1. The Bertz CT molecular complexity index is 627. The van der Waals surface area contributed by atoms with Gasteiger partial charge in [-0.05, 0) is 16.7 Å². The van der Waals surface area contributed by atoms with Crippen molar-refractivity contribution in [1.82, 2.24) is 5.32 Å². The molecule has 0 spiro atoms. The first-order valence-corrected chi connectivity index (χ1v) is 6.98. The predicted octanol–water partition coefficient (Wildman–Crippen LogP) is 3.09. The maximum absolute atomic E-state index is 11.9. The topological polar surface area (TPSA) is 58.6 Å². The lowest BCUT2D eigenvalue weighted by Gasteiger charge is -2.14. The molecule has 4 heteroatoms. The van der Waals surface area contributed by atoms with Crippen molar-refractivity contribution >= 4 is 6.09 Å². The zero-order valence-electron chi connectivity index (χ0n) is 11.5. The molecule has 0 bridgehead atoms. The monoisotopic (exact) mass is 283 g/mol. The summed E-state index contributed by atoms with van der Waals surface area (Å²) < 4.78 is 5.21. The van der Waals surface area contributed by atoms with E-state index in [0.29, 0.717) is 6.42 Å². The van der Waals surface area contributed by atoms with Crippen LogP contribution in [0.25, 0.3) is 0 Å². The minimum absolute atomic E-state index is 0.195. The first-order chi connectivity index (χ1) is 10.2. The second-order valence-electron chi connectivity index (χ2n) is 5.14. The number of hydrogen-bond acceptors (Lipinski definition) is 3. The van der Waals surface area contributed by atoms with Gasteiger partial charge in [-0.3, -0.25) is 0 Å². The number of benzene rings is 2. The fraction of sp³-hybridized carbons (Fsp3) is 0.235. The smallest absolute Gasteiger partial charge is 0.407 e. The highest BCUT2D eigenvalue weighted by Crippen LogP contribution is 2.38. The van der Waals surface area contributed by atoms with Gasteiger partial charge in [-0.15, -0.1) is 0 Å². The number of aliphatic hydroxyl groups is 1. The number of rotatable bonds is 3. The van der Waals surface area contributed by atoms with Crippen LogP contribution in [0, 0.1) is 0 Å². The molecule has 2 aromatic rings. The molecule has 1 aliphatic rings. The molecule has 2 aromatic carbocycles. The van der Waals surface area contributed by atoms with E-state index in [9.17, 15) is 9.90 Å². The molecule has 1 amide bonds. The SMILES string of the molecule is O=C(N[C@H]1C[C@H](O)c2ccccc21)OCc1ccccc1. The molecule has 2 atom stereocenters. The molecule has 0 radical (unpaired) electrons. The summed E-state index contributed by atoms with van der Waals surface area (Å²) in [5.41, 5.74) is 2.78. The molecule has 0 saturated heterocycles. The third-order valence-electron chi connectivity index (χ3n) is 3.69. The van der Waals surface area contributed by atoms with Gasteiger partial charge in [0, 0.05) is 6.42 Å². The third-order valence-corrected chi connectivity index (χ3v) is 3.69. The largest absolute Gasteiger partial charge is 0.445 e. The van der Waals surface area contributed by atoms with E-state index in [0.717, 1.165) is 16.7 Å². The van der Waals surface area contributed by atoms with E-state index in [1.807, 2.05) is 54.6 Å². The molecule has 108 valence electrons. The van der Waals surface area contributed by atoms with Crippen molar-refractivity contribution in [3.05, 3.63) is 71.3 Å². The fourth-order valence-electron chi connectivity index (χ4n) is 2.65. The van der Waals surface area contributed by atoms with Crippen molar-refractivity contribution in [3.8, 4) is 0 Å². The standard InChI is InChI=1S/C17H17NO3/c19-16-10-15(13-8-4-5-9-14(13)16)18-17(20)21-11-12-6-2-1-3-7-12/h1-9,15-16,19H,10-11H2,(H,18,20)/t15-,16-/m0/s1. The molecule has 1 aliphatic carbocycles. The Labute approximate surface area is 123 Å². The summed E-state index contributed by atoms with van der Waals surface area (Å²) >= 11 is 0. The van der Waals surface area contributed by atoms with Gasteiger partial charge in [0.25, 0.3) is 0 Å². The molecular formula is C17H17NO3. The molecule has 21 heavy (non-hydrogen) atoms. The van der Waals surface area contributed by atoms with Crippen LogP contribution >= 0.6 is 0 Å². The van der Waals surface area contributed by atoms with E-state index in [1.54, 1.807) is 0 Å². The third kappa shape index (κ3) is 3.06. The highest BCUT2D eigenvalue weighted by atomic mass is 16.5. The lowest BCUT2D eigenvalue weighted by atomic mass is 10.1. The summed E-state index contributed by atoms with van der Waals surface area (Å²) in [5, 5.41) is 12.8. The van der Waals surface area contributed by atoms with Crippen molar-refractivity contribution in [3.63, 3.8) is 0 Å². The molecule has 0 aromatic heterocycles. The lowest BCUT2D eigenvalue weighted by molar-refractivity contribution is 0.129. The number of hydrogen-bond donors (Lipinski definition) is 2. The van der Waals surface area contributed by atoms with Crippen LogP contribution in [-0.4, -0.2) is 11.2 Å². The maximum Gasteiger partial charge on any atom is 0.407 e. The number of carbonyl (C=O) groups excluding carboxylic acids is 1. The average Bonchev–Trinajstić information content (AvgIpc) is 2.83. The molecule has 0 unspecified atom stereocenters. The number of amides is 1. The van der Waals surface area contributed by atoms with Gasteiger partial charge in [-0.2, -0.15) is 0 Å². The number of aliphatic hydroxyl groups excluding tert-OH is 1. The zero-order valence-corrected chi connectivity index (χ0v) is 11.5. The summed E-state index contributed by atoms with van der Waals surface area (Å²) in [5.74, 6) is 0. The van der Waals surface area contributed by atoms with Crippen LogP contribution in [0.2, 0.25) is 0 Å². The van der Waals surface area contributed by atoms with E-state index >= 15 is 0 Å². The quantitative estimate of drug-likeness (QED) is 0.910. The van der Waals surface area contributed by atoms with E-state index in [1.165, 1.54) is 0 Å². The van der Waals surface area contributed by atoms with Gasteiger partial charge in [0.1, 0.15) is 6.61 Å². The molecule has 0 heterocycles. The van der Waals surface area contributed by atoms with Gasteiger partial charge in [-0.25, -0.2) is 4.79 Å². The molecular weight excluding hydrogens is 266 g/mol. The summed E-state index contributed by atoms with van der Waals surface area (Å²) in [7, 11) is 0. The van der Waals surface area contributed by atoms with Crippen LogP contribution in [0.4, 0.5) is 4.79 Å². The lowest BCUT2D eigenvalue weighted by Crippen LogP contribution is -2.27. The normalized spacial score (nSPS) is 19.9. The average molecular weight is 283 g/mol. The van der Waals surface area contributed by atoms with E-state index in [4.69, 9.17) is 4.74 Å². The highest BCUT2D eigenvalue weighted by Gasteiger charge is 2.30. The van der Waals surface area contributed by atoms with Crippen molar-refractivity contribution < 1.29 is 14.6 Å². The Kier molecular flexibility index (Phi) is 3.88. The Morgan fingerprint density at radius 1 is 1.10 bits per heavy atom. The van der Waals surface area contributed by atoms with Crippen LogP contribution in [-0.2, 0) is 11.3 Å². The first-order valence-electron chi connectivity index (χ1n) is 6.98. The molecule has 3 rings (SSSR count). The first kappa shape index (κ1) is 13.6. The van der Waals surface area contributed by atoms with Gasteiger partial charge >= 0.3 is 6.09 Å². The molecule has 2 N–H and O–H groups in total. The Morgan fingerprint density at radius 2 is 1.76 bits per heavy atom. The van der Waals surface area contributed by atoms with Crippen molar-refractivity contribution in [2.24, 2.45) is 0 Å². The van der Waals surface area contributed by atoms with Gasteiger partial charge < -0.3 is 15.2 Å². The van der Waals surface area contributed by atoms with Crippen molar-refractivity contribution in [2.45, 2.75) is 25.2 Å². The Morgan fingerprint density at radius 3 is 2.52 bits per heavy atom. The minimum Gasteiger partial charge on any atom is -0.445 e. The predicted molar refractivity (Wildman–Crippen MR) is 78.5 cm³/mol. The Balaban J connectivity index is 1.59. The second kappa shape index (κ2) is 5.97. The highest BCUT2D eigenvalue weighted by molar-refractivity contribution is 5.68. The van der Waals surface area contributed by atoms with Crippen molar-refractivity contribution in [2.75, 3.05) is 0 Å². The van der Waals surface area contributed by atoms with Crippen LogP contribution < -0.4 is 5.32 Å². The molecule has 4 nitrogen and oxygen atoms in total. The minimum atomic E-state index is -0.527. The number of nitrogens with one attached hydrogen (secondary N) is 1. The second-order valence-corrected chi connectivity index (χ2v) is 5.14. The summed E-state index contributed by atoms with van der Waals surface area (Å²) in [4.78, 5) is 11.9. The van der Waals surface area contributed by atoms with E-state index < -0.39 is 12.2 Å². The van der Waals surface area contributed by atoms with Crippen LogP contribution in [0.1, 0.15) is 35.3 Å². The van der Waals surface area contributed by atoms with Crippen LogP contribution in [0.15, 0.2) is 54.6 Å². The van der Waals surface area contributed by atoms with Gasteiger partial charge in [-0.1, -0.05) is 54.6 Å². The summed E-state index contributed by atoms with van der Waals surface area (Å²) in [6, 6.07) is 16.9. The molecule has 0 saturated carbocycles. The number of carbonyl (C=O) groups is 1. The van der Waals surface area contributed by atoms with Crippen LogP contribution in [0.3, 0.4) is 0 Å². The zero-order chi connectivity index (χ0) is 14.7. The van der Waals surface area contributed by atoms with Crippen LogP contribution in [0.5, 0.6) is 0 Å². The number of alkyl carbamates (subject to hydrolysis) is 1. The Hall–Kier alpha value is -2.33. The van der Waals surface area contributed by atoms with Gasteiger partial charge in [0.2, 0.25) is 0 Å². The number of ether oxygens (including phenoxy) is 1. The van der Waals surface area contributed by atoms with E-state index in [-0.39, 0.29) is 12.6 Å². The van der Waals surface area contributed by atoms with Gasteiger partial charge in [0.05, 0.1) is 12.1 Å².